The lowest BCUT2D eigenvalue weighted by atomic mass is 10.1. The molecule has 0 fully saturated rings. The summed E-state index contributed by atoms with van der Waals surface area (Å²) in [7, 11) is 0. The first-order chi connectivity index (χ1) is 6.25. The van der Waals surface area contributed by atoms with E-state index < -0.39 is 6.43 Å². The molecule has 13 heavy (non-hydrogen) atoms. The summed E-state index contributed by atoms with van der Waals surface area (Å²) >= 11 is 5.41. The molecule has 0 saturated heterocycles. The lowest BCUT2D eigenvalue weighted by molar-refractivity contribution is 0.151. The Morgan fingerprint density at radius 2 is 2.00 bits per heavy atom. The van der Waals surface area contributed by atoms with Crippen LogP contribution in [0.3, 0.4) is 0 Å². The van der Waals surface area contributed by atoms with E-state index in [0.717, 1.165) is 0 Å². The van der Waals surface area contributed by atoms with Crippen LogP contribution in [-0.4, -0.2) is 5.88 Å². The molecule has 1 rings (SSSR count). The molecule has 0 radical (unpaired) electrons. The number of halogens is 3. The van der Waals surface area contributed by atoms with Crippen molar-refractivity contribution in [1.29, 1.82) is 0 Å². The Hall–Kier alpha value is -0.890. The summed E-state index contributed by atoms with van der Waals surface area (Å²) in [5.41, 5.74) is 0.571. The highest BCUT2D eigenvalue weighted by Crippen LogP contribution is 2.23. The summed E-state index contributed by atoms with van der Waals surface area (Å²) in [6.07, 6.45) is 0.813. The van der Waals surface area contributed by atoms with E-state index in [1.807, 2.05) is 0 Å². The molecule has 0 saturated carbocycles. The van der Waals surface area contributed by atoms with E-state index in [4.69, 9.17) is 11.6 Å². The van der Waals surface area contributed by atoms with Crippen LogP contribution in [0.25, 0.3) is 6.08 Å². The van der Waals surface area contributed by atoms with Gasteiger partial charge in [-0.3, -0.25) is 0 Å². The number of rotatable bonds is 3. The number of benzene rings is 1. The third kappa shape index (κ3) is 2.81. The van der Waals surface area contributed by atoms with Crippen LogP contribution in [-0.2, 0) is 0 Å². The average molecular weight is 203 g/mol. The predicted octanol–water partition coefficient (Wildman–Crippen LogP) is 3.88. The molecule has 0 heterocycles. The third-order valence-corrected chi connectivity index (χ3v) is 1.80. The number of allylic oxidation sites excluding steroid dienone is 1. The van der Waals surface area contributed by atoms with Gasteiger partial charge in [-0.1, -0.05) is 36.4 Å². The van der Waals surface area contributed by atoms with Crippen LogP contribution in [0.5, 0.6) is 0 Å². The third-order valence-electron chi connectivity index (χ3n) is 1.62. The van der Waals surface area contributed by atoms with Crippen molar-refractivity contribution in [3.63, 3.8) is 0 Å². The first kappa shape index (κ1) is 10.2. The number of alkyl halides is 3. The predicted molar refractivity (Wildman–Crippen MR) is 51.2 cm³/mol. The Morgan fingerprint density at radius 3 is 2.62 bits per heavy atom. The second kappa shape index (κ2) is 4.97. The van der Waals surface area contributed by atoms with Crippen molar-refractivity contribution < 1.29 is 8.78 Å². The van der Waals surface area contributed by atoms with Crippen LogP contribution < -0.4 is 0 Å². The monoisotopic (exact) mass is 202 g/mol. The van der Waals surface area contributed by atoms with Gasteiger partial charge in [0.15, 0.2) is 0 Å². The van der Waals surface area contributed by atoms with Gasteiger partial charge in [-0.15, -0.1) is 11.6 Å². The zero-order chi connectivity index (χ0) is 9.68. The number of hydrogen-bond donors (Lipinski definition) is 0. The van der Waals surface area contributed by atoms with Gasteiger partial charge in [-0.05, 0) is 5.56 Å². The molecule has 0 N–H and O–H groups in total. The summed E-state index contributed by atoms with van der Waals surface area (Å²) in [5.74, 6) is 0.331. The maximum atomic E-state index is 12.4. The minimum Gasteiger partial charge on any atom is -0.205 e. The molecular formula is C10H9ClF2. The fraction of sp³-hybridized carbons (Fsp3) is 0.200. The lowest BCUT2D eigenvalue weighted by Crippen LogP contribution is -1.87. The first-order valence-corrected chi connectivity index (χ1v) is 4.38. The van der Waals surface area contributed by atoms with Crippen LogP contribution in [0.15, 0.2) is 30.3 Å². The Balaban J connectivity index is 2.97. The van der Waals surface area contributed by atoms with Gasteiger partial charge in [0.2, 0.25) is 0 Å². The molecule has 1 aromatic carbocycles. The highest BCUT2D eigenvalue weighted by Gasteiger charge is 2.09. The van der Waals surface area contributed by atoms with Crippen molar-refractivity contribution in [3.05, 3.63) is 41.5 Å². The van der Waals surface area contributed by atoms with Crippen LogP contribution >= 0.6 is 11.6 Å². The molecule has 0 aliphatic carbocycles. The van der Waals surface area contributed by atoms with Crippen molar-refractivity contribution >= 4 is 17.7 Å². The van der Waals surface area contributed by atoms with Crippen molar-refractivity contribution in [3.8, 4) is 0 Å². The minimum absolute atomic E-state index is 0.0452. The van der Waals surface area contributed by atoms with Crippen LogP contribution in [0, 0.1) is 0 Å². The van der Waals surface area contributed by atoms with Gasteiger partial charge in [-0.2, -0.15) is 0 Å². The Kier molecular flexibility index (Phi) is 3.90. The van der Waals surface area contributed by atoms with Crippen LogP contribution in [0.1, 0.15) is 17.6 Å². The highest BCUT2D eigenvalue weighted by atomic mass is 35.5. The van der Waals surface area contributed by atoms with Crippen LogP contribution in [0.4, 0.5) is 8.78 Å². The van der Waals surface area contributed by atoms with E-state index in [0.29, 0.717) is 11.4 Å². The van der Waals surface area contributed by atoms with Crippen molar-refractivity contribution in [2.75, 3.05) is 5.88 Å². The summed E-state index contributed by atoms with van der Waals surface area (Å²) in [6.45, 7) is 0. The summed E-state index contributed by atoms with van der Waals surface area (Å²) < 4.78 is 24.8. The average Bonchev–Trinajstić information content (AvgIpc) is 2.15. The fourth-order valence-corrected chi connectivity index (χ4v) is 1.12. The quantitative estimate of drug-likeness (QED) is 0.653. The van der Waals surface area contributed by atoms with Crippen LogP contribution in [0.2, 0.25) is 0 Å². The van der Waals surface area contributed by atoms with Gasteiger partial charge in [0.1, 0.15) is 0 Å². The second-order valence-electron chi connectivity index (χ2n) is 2.49. The van der Waals surface area contributed by atoms with E-state index in [1.54, 1.807) is 30.4 Å². The zero-order valence-corrected chi connectivity index (χ0v) is 7.64. The summed E-state index contributed by atoms with van der Waals surface area (Å²) in [5, 5.41) is 0. The first-order valence-electron chi connectivity index (χ1n) is 3.85. The largest absolute Gasteiger partial charge is 0.264 e. The van der Waals surface area contributed by atoms with E-state index in [-0.39, 0.29) is 5.56 Å². The topological polar surface area (TPSA) is 0 Å². The Labute approximate surface area is 80.8 Å². The highest BCUT2D eigenvalue weighted by molar-refractivity contribution is 6.19. The molecule has 0 aromatic heterocycles. The van der Waals surface area contributed by atoms with Gasteiger partial charge >= 0.3 is 0 Å². The van der Waals surface area contributed by atoms with Gasteiger partial charge < -0.3 is 0 Å². The molecule has 0 bridgehead atoms. The molecular weight excluding hydrogens is 194 g/mol. The molecule has 3 heteroatoms. The maximum Gasteiger partial charge on any atom is 0.264 e. The molecule has 0 aliphatic heterocycles. The van der Waals surface area contributed by atoms with Gasteiger partial charge in [-0.25, -0.2) is 8.78 Å². The smallest absolute Gasteiger partial charge is 0.205 e. The Bertz CT molecular complexity index is 295. The molecule has 0 nitrogen and oxygen atoms in total. The normalized spacial score (nSPS) is 11.4. The second-order valence-corrected chi connectivity index (χ2v) is 2.79. The van der Waals surface area contributed by atoms with E-state index in [9.17, 15) is 8.78 Å². The van der Waals surface area contributed by atoms with E-state index in [1.165, 1.54) is 6.07 Å². The molecule has 0 unspecified atom stereocenters. The molecule has 1 aromatic rings. The summed E-state index contributed by atoms with van der Waals surface area (Å²) in [4.78, 5) is 0. The van der Waals surface area contributed by atoms with Crippen molar-refractivity contribution in [2.24, 2.45) is 0 Å². The van der Waals surface area contributed by atoms with E-state index >= 15 is 0 Å². The van der Waals surface area contributed by atoms with Gasteiger partial charge in [0.05, 0.1) is 0 Å². The van der Waals surface area contributed by atoms with Crippen molar-refractivity contribution in [1.82, 2.24) is 0 Å². The molecule has 0 aliphatic rings. The van der Waals surface area contributed by atoms with E-state index in [2.05, 4.69) is 0 Å². The lowest BCUT2D eigenvalue weighted by Gasteiger charge is -2.03. The standard InChI is InChI=1S/C10H9ClF2/c11-7-3-5-8-4-1-2-6-9(8)10(12)13/h1-6,10H,7H2. The molecule has 0 atom stereocenters. The molecule has 0 spiro atoms. The fourth-order valence-electron chi connectivity index (χ4n) is 1.03. The summed E-state index contributed by atoms with van der Waals surface area (Å²) in [6, 6.07) is 6.38. The maximum absolute atomic E-state index is 12.4. The van der Waals surface area contributed by atoms with Gasteiger partial charge in [0.25, 0.3) is 6.43 Å². The SMILES string of the molecule is FC(F)c1ccccc1C=CCCl. The van der Waals surface area contributed by atoms with Crippen molar-refractivity contribution in [2.45, 2.75) is 6.43 Å². The molecule has 70 valence electrons. The zero-order valence-electron chi connectivity index (χ0n) is 6.88. The Morgan fingerprint density at radius 1 is 1.31 bits per heavy atom. The minimum atomic E-state index is -2.43. The van der Waals surface area contributed by atoms with Gasteiger partial charge in [0, 0.05) is 11.4 Å². The number of hydrogen-bond acceptors (Lipinski definition) is 0. The molecule has 0 amide bonds.